The van der Waals surface area contributed by atoms with Crippen LogP contribution < -0.4 is 74.6 Å². The van der Waals surface area contributed by atoms with Crippen LogP contribution in [0.25, 0.3) is 33.3 Å². The molecule has 10 heteroatoms. The fourth-order valence-electron chi connectivity index (χ4n) is 3.27. The van der Waals surface area contributed by atoms with Crippen molar-refractivity contribution in [2.75, 3.05) is 0 Å². The molecule has 3 aromatic carbocycles. The van der Waals surface area contributed by atoms with Crippen LogP contribution in [0.4, 0.5) is 0 Å². The zero-order chi connectivity index (χ0) is 22.0. The van der Waals surface area contributed by atoms with Crippen molar-refractivity contribution >= 4 is 39.7 Å². The second-order valence-electron chi connectivity index (χ2n) is 7.02. The monoisotopic (exact) mass is 462 g/mol. The Kier molecular flexibility index (Phi) is 9.66. The molecule has 1 amide bonds. The van der Waals surface area contributed by atoms with Gasteiger partial charge in [-0.15, -0.1) is 0 Å². The van der Waals surface area contributed by atoms with E-state index >= 15 is 0 Å². The summed E-state index contributed by atoms with van der Waals surface area (Å²) in [5.41, 5.74) is 2.46. The minimum Gasteiger partial charge on any atom is -0.550 e. The summed E-state index contributed by atoms with van der Waals surface area (Å²) in [6.45, 7) is 0. The van der Waals surface area contributed by atoms with Crippen LogP contribution in [0.2, 0.25) is 0 Å². The Labute approximate surface area is 233 Å². The number of hydrogen-bond acceptors (Lipinski definition) is 7. The van der Waals surface area contributed by atoms with Crippen LogP contribution in [0.5, 0.6) is 0 Å². The third-order valence-corrected chi connectivity index (χ3v) is 4.87. The number of hydrogen-bond donors (Lipinski definition) is 1. The number of fused-ring (bicyclic) bond motifs is 2. The summed E-state index contributed by atoms with van der Waals surface area (Å²) in [7, 11) is 0. The van der Waals surface area contributed by atoms with Crippen LogP contribution in [-0.4, -0.2) is 28.9 Å². The zero-order valence-electron chi connectivity index (χ0n) is 18.2. The summed E-state index contributed by atoms with van der Waals surface area (Å²) in [6, 6.07) is 16.4. The topological polar surface area (TPSA) is 135 Å². The molecule has 0 bridgehead atoms. The van der Waals surface area contributed by atoms with E-state index < -0.39 is 30.3 Å². The molecule has 8 nitrogen and oxygen atoms in total. The first-order chi connectivity index (χ1) is 14.9. The fraction of sp³-hybridized carbons (Fsp3) is 0.130. The number of amides is 1. The van der Waals surface area contributed by atoms with E-state index in [4.69, 9.17) is 4.42 Å². The van der Waals surface area contributed by atoms with Crippen LogP contribution >= 0.6 is 0 Å². The third-order valence-electron chi connectivity index (χ3n) is 4.87. The second-order valence-corrected chi connectivity index (χ2v) is 7.02. The van der Waals surface area contributed by atoms with E-state index in [2.05, 4.69) is 10.3 Å². The molecule has 0 aliphatic heterocycles. The predicted octanol–water partition coefficient (Wildman–Crippen LogP) is -4.97. The van der Waals surface area contributed by atoms with Gasteiger partial charge in [-0.3, -0.25) is 4.79 Å². The van der Waals surface area contributed by atoms with Crippen LogP contribution in [0, 0.1) is 0 Å². The maximum atomic E-state index is 12.4. The Morgan fingerprint density at radius 1 is 0.939 bits per heavy atom. The van der Waals surface area contributed by atoms with E-state index in [0.717, 1.165) is 21.9 Å². The molecule has 1 unspecified atom stereocenters. The van der Waals surface area contributed by atoms with Gasteiger partial charge in [0.2, 0.25) is 5.89 Å². The average Bonchev–Trinajstić information content (AvgIpc) is 3.19. The van der Waals surface area contributed by atoms with Crippen molar-refractivity contribution in [1.29, 1.82) is 0 Å². The molecular weight excluding hydrogens is 446 g/mol. The number of carbonyl (C=O) groups excluding carboxylic acids is 3. The Bertz CT molecular complexity index is 1290. The number of oxazole rings is 1. The number of para-hydroxylation sites is 2. The average molecular weight is 462 g/mol. The number of aromatic nitrogens is 1. The van der Waals surface area contributed by atoms with Gasteiger partial charge in [0.25, 0.3) is 5.91 Å². The molecule has 0 saturated heterocycles. The standard InChI is InChI=1S/C23H18N2O6.2Na/c26-20(27)10-9-18(23(29)30)24-21(28)15-7-5-14-12-16(8-6-13(14)11-15)22-25-17-3-1-2-4-19(17)31-22;;/h1-8,11-12,18H,9-10H2,(H,24,28)(H,26,27)(H,29,30);;/q;2*+1/p-2. The molecule has 4 aromatic rings. The maximum Gasteiger partial charge on any atom is 1.00 e. The zero-order valence-corrected chi connectivity index (χ0v) is 22.2. The normalized spacial score (nSPS) is 11.3. The number of rotatable bonds is 7. The molecular formula is C23H16N2Na2O6. The van der Waals surface area contributed by atoms with Crippen molar-refractivity contribution in [1.82, 2.24) is 10.3 Å². The summed E-state index contributed by atoms with van der Waals surface area (Å²) < 4.78 is 5.79. The van der Waals surface area contributed by atoms with Gasteiger partial charge in [0.1, 0.15) is 5.52 Å². The molecule has 156 valence electrons. The Hall–Kier alpha value is -2.20. The van der Waals surface area contributed by atoms with Crippen molar-refractivity contribution in [3.63, 3.8) is 0 Å². The largest absolute Gasteiger partial charge is 1.00 e. The molecule has 0 radical (unpaired) electrons. The summed E-state index contributed by atoms with van der Waals surface area (Å²) in [5, 5.41) is 25.6. The van der Waals surface area contributed by atoms with E-state index in [-0.39, 0.29) is 71.1 Å². The molecule has 0 spiro atoms. The van der Waals surface area contributed by atoms with Gasteiger partial charge in [0.05, 0.1) is 12.0 Å². The summed E-state index contributed by atoms with van der Waals surface area (Å²) >= 11 is 0. The van der Waals surface area contributed by atoms with Crippen molar-refractivity contribution in [3.05, 3.63) is 66.2 Å². The number of nitrogens with zero attached hydrogens (tertiary/aromatic N) is 1. The maximum absolute atomic E-state index is 12.4. The molecule has 0 aliphatic carbocycles. The van der Waals surface area contributed by atoms with E-state index in [1.54, 1.807) is 18.2 Å². The van der Waals surface area contributed by atoms with E-state index in [1.807, 2.05) is 42.5 Å². The van der Waals surface area contributed by atoms with Crippen molar-refractivity contribution < 1.29 is 88.1 Å². The van der Waals surface area contributed by atoms with Crippen LogP contribution in [-0.2, 0) is 9.59 Å². The van der Waals surface area contributed by atoms with Crippen LogP contribution in [0.3, 0.4) is 0 Å². The quantitative estimate of drug-likeness (QED) is 0.272. The molecule has 0 saturated carbocycles. The van der Waals surface area contributed by atoms with Crippen molar-refractivity contribution in [2.45, 2.75) is 18.9 Å². The smallest absolute Gasteiger partial charge is 0.550 e. The van der Waals surface area contributed by atoms with Gasteiger partial charge >= 0.3 is 59.1 Å². The molecule has 0 fully saturated rings. The van der Waals surface area contributed by atoms with Crippen molar-refractivity contribution in [3.8, 4) is 11.5 Å². The fourth-order valence-corrected chi connectivity index (χ4v) is 3.27. The number of carboxylic acids is 2. The summed E-state index contributed by atoms with van der Waals surface area (Å²) in [6.07, 6.45) is -0.826. The van der Waals surface area contributed by atoms with Gasteiger partial charge in [-0.25, -0.2) is 4.98 Å². The summed E-state index contributed by atoms with van der Waals surface area (Å²) in [5.74, 6) is -3.12. The van der Waals surface area contributed by atoms with Gasteiger partial charge in [-0.2, -0.15) is 0 Å². The number of carbonyl (C=O) groups is 3. The van der Waals surface area contributed by atoms with Crippen LogP contribution in [0.1, 0.15) is 23.2 Å². The number of nitrogens with one attached hydrogen (secondary N) is 1. The van der Waals surface area contributed by atoms with Gasteiger partial charge in [-0.1, -0.05) is 24.3 Å². The Morgan fingerprint density at radius 2 is 1.64 bits per heavy atom. The Balaban J connectivity index is 0.00000193. The van der Waals surface area contributed by atoms with Crippen LogP contribution in [0.15, 0.2) is 65.1 Å². The van der Waals surface area contributed by atoms with E-state index in [0.29, 0.717) is 11.5 Å². The molecule has 1 atom stereocenters. The molecule has 1 aromatic heterocycles. The molecule has 4 rings (SSSR count). The van der Waals surface area contributed by atoms with E-state index in [9.17, 15) is 24.6 Å². The van der Waals surface area contributed by atoms with E-state index in [1.165, 1.54) is 0 Å². The first-order valence-corrected chi connectivity index (χ1v) is 9.52. The van der Waals surface area contributed by atoms with Gasteiger partial charge in [0.15, 0.2) is 5.58 Å². The molecule has 1 heterocycles. The van der Waals surface area contributed by atoms with Gasteiger partial charge < -0.3 is 29.5 Å². The number of aliphatic carboxylic acids is 2. The first kappa shape index (κ1) is 27.0. The molecule has 1 N–H and O–H groups in total. The molecule has 33 heavy (non-hydrogen) atoms. The Morgan fingerprint density at radius 3 is 2.33 bits per heavy atom. The number of carboxylic acid groups (broad SMARTS) is 2. The van der Waals surface area contributed by atoms with Gasteiger partial charge in [-0.05, 0) is 60.0 Å². The summed E-state index contributed by atoms with van der Waals surface area (Å²) in [4.78, 5) is 38.7. The first-order valence-electron chi connectivity index (χ1n) is 9.52. The second kappa shape index (κ2) is 11.8. The molecule has 0 aliphatic rings. The van der Waals surface area contributed by atoms with Crippen molar-refractivity contribution in [2.24, 2.45) is 0 Å². The predicted molar refractivity (Wildman–Crippen MR) is 107 cm³/mol. The number of benzene rings is 3. The van der Waals surface area contributed by atoms with Gasteiger partial charge in [0, 0.05) is 17.1 Å². The SMILES string of the molecule is O=C([O-])CCC(NC(=O)c1ccc2cc(-c3nc4ccccc4o3)ccc2c1)C(=O)[O-].[Na+].[Na+]. The minimum absolute atomic E-state index is 0. The minimum atomic E-state index is -1.56. The third kappa shape index (κ3) is 6.44.